The highest BCUT2D eigenvalue weighted by Crippen LogP contribution is 2.13. The SMILES string of the molecule is Cc1csc(NCCCOCCO)n1. The van der Waals surface area contributed by atoms with E-state index in [2.05, 4.69) is 10.3 Å². The van der Waals surface area contributed by atoms with Crippen molar-refractivity contribution < 1.29 is 9.84 Å². The summed E-state index contributed by atoms with van der Waals surface area (Å²) in [5, 5.41) is 14.6. The molecule has 80 valence electrons. The maximum atomic E-state index is 8.45. The standard InChI is InChI=1S/C9H16N2O2S/c1-8-7-14-9(11-8)10-3-2-5-13-6-4-12/h7,12H,2-6H2,1H3,(H,10,11). The van der Waals surface area contributed by atoms with Gasteiger partial charge in [0.15, 0.2) is 5.13 Å². The number of thiazole rings is 1. The molecule has 1 heterocycles. The Bertz CT molecular complexity index is 253. The average Bonchev–Trinajstić information content (AvgIpc) is 2.58. The molecule has 0 bridgehead atoms. The molecule has 0 spiro atoms. The smallest absolute Gasteiger partial charge is 0.182 e. The zero-order valence-corrected chi connectivity index (χ0v) is 9.14. The molecule has 0 aliphatic rings. The molecule has 5 heteroatoms. The minimum absolute atomic E-state index is 0.0963. The number of rotatable bonds is 7. The van der Waals surface area contributed by atoms with Crippen molar-refractivity contribution in [3.8, 4) is 0 Å². The van der Waals surface area contributed by atoms with Gasteiger partial charge in [-0.25, -0.2) is 4.98 Å². The van der Waals surface area contributed by atoms with Crippen LogP contribution in [0.15, 0.2) is 5.38 Å². The summed E-state index contributed by atoms with van der Waals surface area (Å²) in [6.07, 6.45) is 0.929. The van der Waals surface area contributed by atoms with Crippen molar-refractivity contribution in [3.63, 3.8) is 0 Å². The first-order chi connectivity index (χ1) is 6.83. The van der Waals surface area contributed by atoms with Gasteiger partial charge >= 0.3 is 0 Å². The first kappa shape index (κ1) is 11.4. The fourth-order valence-corrected chi connectivity index (χ4v) is 1.69. The van der Waals surface area contributed by atoms with Crippen molar-refractivity contribution in [3.05, 3.63) is 11.1 Å². The molecule has 1 aromatic heterocycles. The Labute approximate surface area is 87.9 Å². The van der Waals surface area contributed by atoms with E-state index >= 15 is 0 Å². The molecule has 0 atom stereocenters. The van der Waals surface area contributed by atoms with Crippen LogP contribution in [0.4, 0.5) is 5.13 Å². The lowest BCUT2D eigenvalue weighted by molar-refractivity contribution is 0.0922. The Hall–Kier alpha value is -0.650. The largest absolute Gasteiger partial charge is 0.394 e. The number of aromatic nitrogens is 1. The van der Waals surface area contributed by atoms with Gasteiger partial charge in [-0.3, -0.25) is 0 Å². The molecule has 0 saturated heterocycles. The van der Waals surface area contributed by atoms with E-state index in [1.165, 1.54) is 0 Å². The molecule has 0 amide bonds. The zero-order chi connectivity index (χ0) is 10.2. The van der Waals surface area contributed by atoms with Crippen LogP contribution in [0.2, 0.25) is 0 Å². The first-order valence-corrected chi connectivity index (χ1v) is 5.55. The number of nitrogens with zero attached hydrogens (tertiary/aromatic N) is 1. The second-order valence-electron chi connectivity index (χ2n) is 2.91. The van der Waals surface area contributed by atoms with Crippen LogP contribution in [0.25, 0.3) is 0 Å². The van der Waals surface area contributed by atoms with Crippen molar-refractivity contribution in [2.45, 2.75) is 13.3 Å². The summed E-state index contributed by atoms with van der Waals surface area (Å²) in [7, 11) is 0. The van der Waals surface area contributed by atoms with Crippen molar-refractivity contribution in [1.29, 1.82) is 0 Å². The van der Waals surface area contributed by atoms with Crippen LogP contribution in [-0.2, 0) is 4.74 Å². The molecule has 0 unspecified atom stereocenters. The van der Waals surface area contributed by atoms with Gasteiger partial charge < -0.3 is 15.2 Å². The number of hydrogen-bond donors (Lipinski definition) is 2. The third-order valence-electron chi connectivity index (χ3n) is 1.60. The average molecular weight is 216 g/mol. The van der Waals surface area contributed by atoms with Crippen molar-refractivity contribution >= 4 is 16.5 Å². The summed E-state index contributed by atoms with van der Waals surface area (Å²) in [5.41, 5.74) is 1.05. The van der Waals surface area contributed by atoms with Crippen LogP contribution in [0.3, 0.4) is 0 Å². The topological polar surface area (TPSA) is 54.4 Å². The van der Waals surface area contributed by atoms with E-state index in [-0.39, 0.29) is 6.61 Å². The summed E-state index contributed by atoms with van der Waals surface area (Å²) in [6, 6.07) is 0. The minimum Gasteiger partial charge on any atom is -0.394 e. The molecule has 0 aliphatic carbocycles. The highest BCUT2D eigenvalue weighted by Gasteiger charge is 1.96. The highest BCUT2D eigenvalue weighted by atomic mass is 32.1. The number of nitrogens with one attached hydrogen (secondary N) is 1. The Morgan fingerprint density at radius 1 is 1.57 bits per heavy atom. The monoisotopic (exact) mass is 216 g/mol. The van der Waals surface area contributed by atoms with E-state index in [0.29, 0.717) is 13.2 Å². The maximum Gasteiger partial charge on any atom is 0.182 e. The number of ether oxygens (including phenoxy) is 1. The van der Waals surface area contributed by atoms with E-state index in [9.17, 15) is 0 Å². The van der Waals surface area contributed by atoms with Crippen molar-refractivity contribution in [2.75, 3.05) is 31.7 Å². The minimum atomic E-state index is 0.0963. The third kappa shape index (κ3) is 4.55. The molecule has 0 fully saturated rings. The molecule has 2 N–H and O–H groups in total. The number of aryl methyl sites for hydroxylation is 1. The molecule has 0 saturated carbocycles. The molecule has 0 radical (unpaired) electrons. The summed E-state index contributed by atoms with van der Waals surface area (Å²) >= 11 is 1.61. The van der Waals surface area contributed by atoms with Crippen LogP contribution in [0.1, 0.15) is 12.1 Å². The summed E-state index contributed by atoms with van der Waals surface area (Å²) in [5.74, 6) is 0. The quantitative estimate of drug-likeness (QED) is 0.674. The van der Waals surface area contributed by atoms with E-state index in [4.69, 9.17) is 9.84 Å². The van der Waals surface area contributed by atoms with Crippen LogP contribution < -0.4 is 5.32 Å². The molecular weight excluding hydrogens is 200 g/mol. The lowest BCUT2D eigenvalue weighted by Gasteiger charge is -2.02. The van der Waals surface area contributed by atoms with Gasteiger partial charge in [0.1, 0.15) is 0 Å². The lowest BCUT2D eigenvalue weighted by atomic mass is 10.4. The molecule has 14 heavy (non-hydrogen) atoms. The molecular formula is C9H16N2O2S. The van der Waals surface area contributed by atoms with Crippen LogP contribution >= 0.6 is 11.3 Å². The second kappa shape index (κ2) is 6.75. The van der Waals surface area contributed by atoms with E-state index in [1.807, 2.05) is 12.3 Å². The fraction of sp³-hybridized carbons (Fsp3) is 0.667. The predicted molar refractivity (Wildman–Crippen MR) is 57.9 cm³/mol. The normalized spacial score (nSPS) is 10.4. The number of aliphatic hydroxyl groups is 1. The third-order valence-corrected chi connectivity index (χ3v) is 2.51. The Morgan fingerprint density at radius 3 is 3.07 bits per heavy atom. The van der Waals surface area contributed by atoms with Crippen LogP contribution in [0.5, 0.6) is 0 Å². The number of aliphatic hydroxyl groups excluding tert-OH is 1. The van der Waals surface area contributed by atoms with Crippen molar-refractivity contribution in [1.82, 2.24) is 4.98 Å². The van der Waals surface area contributed by atoms with Gasteiger partial charge in [-0.2, -0.15) is 0 Å². The van der Waals surface area contributed by atoms with Gasteiger partial charge in [-0.15, -0.1) is 11.3 Å². The van der Waals surface area contributed by atoms with E-state index < -0.39 is 0 Å². The molecule has 1 rings (SSSR count). The number of hydrogen-bond acceptors (Lipinski definition) is 5. The summed E-state index contributed by atoms with van der Waals surface area (Å²) in [6.45, 7) is 4.04. The second-order valence-corrected chi connectivity index (χ2v) is 3.77. The molecule has 1 aromatic rings. The lowest BCUT2D eigenvalue weighted by Crippen LogP contribution is -2.07. The first-order valence-electron chi connectivity index (χ1n) is 4.67. The highest BCUT2D eigenvalue weighted by molar-refractivity contribution is 7.13. The van der Waals surface area contributed by atoms with Crippen LogP contribution in [-0.4, -0.2) is 36.5 Å². The van der Waals surface area contributed by atoms with Gasteiger partial charge in [-0.1, -0.05) is 0 Å². The predicted octanol–water partition coefficient (Wildman–Crippen LogP) is 1.26. The summed E-state index contributed by atoms with van der Waals surface area (Å²) in [4.78, 5) is 4.27. The van der Waals surface area contributed by atoms with Crippen LogP contribution in [0, 0.1) is 6.92 Å². The Balaban J connectivity index is 1.99. The van der Waals surface area contributed by atoms with Crippen molar-refractivity contribution in [2.24, 2.45) is 0 Å². The van der Waals surface area contributed by atoms with Gasteiger partial charge in [0.25, 0.3) is 0 Å². The summed E-state index contributed by atoms with van der Waals surface area (Å²) < 4.78 is 5.12. The van der Waals surface area contributed by atoms with Gasteiger partial charge in [0.2, 0.25) is 0 Å². The molecule has 4 nitrogen and oxygen atoms in total. The molecule has 0 aromatic carbocycles. The number of anilines is 1. The Kier molecular flexibility index (Phi) is 5.51. The molecule has 0 aliphatic heterocycles. The van der Waals surface area contributed by atoms with Gasteiger partial charge in [-0.05, 0) is 13.3 Å². The Morgan fingerprint density at radius 2 is 2.43 bits per heavy atom. The van der Waals surface area contributed by atoms with E-state index in [0.717, 1.165) is 23.8 Å². The fourth-order valence-electron chi connectivity index (χ4n) is 0.971. The van der Waals surface area contributed by atoms with Gasteiger partial charge in [0.05, 0.1) is 18.9 Å². The van der Waals surface area contributed by atoms with E-state index in [1.54, 1.807) is 11.3 Å². The maximum absolute atomic E-state index is 8.45. The van der Waals surface area contributed by atoms with Gasteiger partial charge in [0, 0.05) is 18.5 Å². The zero-order valence-electron chi connectivity index (χ0n) is 8.32.